The molecule has 0 radical (unpaired) electrons. The van der Waals surface area contributed by atoms with Crippen molar-refractivity contribution in [2.75, 3.05) is 18.5 Å². The van der Waals surface area contributed by atoms with Gasteiger partial charge in [-0.1, -0.05) is 6.42 Å². The van der Waals surface area contributed by atoms with Gasteiger partial charge in [0.1, 0.15) is 17.6 Å². The van der Waals surface area contributed by atoms with Crippen LogP contribution in [0.1, 0.15) is 29.6 Å². The van der Waals surface area contributed by atoms with E-state index in [-0.39, 0.29) is 21.8 Å². The van der Waals surface area contributed by atoms with Gasteiger partial charge in [0.25, 0.3) is 11.6 Å². The maximum Gasteiger partial charge on any atom is 0.300 e. The zero-order valence-corrected chi connectivity index (χ0v) is 11.9. The van der Waals surface area contributed by atoms with Crippen LogP contribution in [0.3, 0.4) is 0 Å². The predicted molar refractivity (Wildman–Crippen MR) is 77.7 cm³/mol. The molecule has 0 unspecified atom stereocenters. The van der Waals surface area contributed by atoms with Crippen molar-refractivity contribution in [3.8, 4) is 0 Å². The lowest BCUT2D eigenvalue weighted by atomic mass is 9.84. The van der Waals surface area contributed by atoms with Crippen molar-refractivity contribution < 1.29 is 9.72 Å². The lowest BCUT2D eigenvalue weighted by Crippen LogP contribution is -2.45. The number of hydrogen-bond acceptors (Lipinski definition) is 6. The summed E-state index contributed by atoms with van der Waals surface area (Å²) in [6, 6.07) is 1.24. The van der Waals surface area contributed by atoms with E-state index in [9.17, 15) is 14.9 Å². The molecule has 1 heterocycles. The van der Waals surface area contributed by atoms with E-state index in [0.717, 1.165) is 25.5 Å². The summed E-state index contributed by atoms with van der Waals surface area (Å²) < 4.78 is 0.0724. The number of thioether (sulfide) groups is 1. The third kappa shape index (κ3) is 2.84. The second-order valence-corrected chi connectivity index (χ2v) is 6.08. The van der Waals surface area contributed by atoms with Gasteiger partial charge < -0.3 is 11.1 Å². The lowest BCUT2D eigenvalue weighted by molar-refractivity contribution is -0.385. The molecule has 0 aliphatic heterocycles. The monoisotopic (exact) mass is 296 g/mol. The van der Waals surface area contributed by atoms with Crippen LogP contribution >= 0.6 is 11.8 Å². The fraction of sp³-hybridized carbons (Fsp3) is 0.500. The maximum absolute atomic E-state index is 12.1. The predicted octanol–water partition coefficient (Wildman–Crippen LogP) is 1.59. The summed E-state index contributed by atoms with van der Waals surface area (Å²) in [5, 5.41) is 13.7. The summed E-state index contributed by atoms with van der Waals surface area (Å²) in [5.74, 6) is -0.393. The highest BCUT2D eigenvalue weighted by atomic mass is 32.2. The van der Waals surface area contributed by atoms with Gasteiger partial charge in [0.2, 0.25) is 0 Å². The van der Waals surface area contributed by atoms with Gasteiger partial charge in [0.15, 0.2) is 0 Å². The summed E-state index contributed by atoms with van der Waals surface area (Å²) in [7, 11) is 0. The molecule has 3 N–H and O–H groups in total. The van der Waals surface area contributed by atoms with E-state index in [4.69, 9.17) is 5.73 Å². The molecule has 0 atom stereocenters. The number of carbonyl (C=O) groups is 1. The topological polar surface area (TPSA) is 111 Å². The third-order valence-corrected chi connectivity index (χ3v) is 5.03. The standard InChI is InChI=1S/C12H16N4O3S/c1-20-12(3-2-4-12)7-15-11(17)8-5-10(13)14-6-9(8)16(18)19/h5-6H,2-4,7H2,1H3,(H2,13,14)(H,15,17). The average Bonchev–Trinajstić information content (AvgIpc) is 2.37. The fourth-order valence-corrected chi connectivity index (χ4v) is 3.07. The Morgan fingerprint density at radius 1 is 1.65 bits per heavy atom. The Balaban J connectivity index is 2.12. The number of anilines is 1. The number of carbonyl (C=O) groups excluding carboxylic acids is 1. The SMILES string of the molecule is CSC1(CNC(=O)c2cc(N)ncc2[N+](=O)[O-])CCC1. The van der Waals surface area contributed by atoms with Gasteiger partial charge in [-0.2, -0.15) is 11.8 Å². The minimum Gasteiger partial charge on any atom is -0.384 e. The minimum absolute atomic E-state index is 0.0434. The van der Waals surface area contributed by atoms with Crippen LogP contribution in [0.5, 0.6) is 0 Å². The highest BCUT2D eigenvalue weighted by Crippen LogP contribution is 2.42. The molecular formula is C12H16N4O3S. The van der Waals surface area contributed by atoms with E-state index in [1.54, 1.807) is 11.8 Å². The normalized spacial score (nSPS) is 16.2. The van der Waals surface area contributed by atoms with Crippen molar-refractivity contribution in [2.24, 2.45) is 0 Å². The van der Waals surface area contributed by atoms with Crippen molar-refractivity contribution in [2.45, 2.75) is 24.0 Å². The van der Waals surface area contributed by atoms with Gasteiger partial charge in [-0.25, -0.2) is 4.98 Å². The van der Waals surface area contributed by atoms with Gasteiger partial charge in [-0.15, -0.1) is 0 Å². The first-order valence-corrected chi connectivity index (χ1v) is 7.43. The third-order valence-electron chi connectivity index (χ3n) is 3.61. The van der Waals surface area contributed by atoms with Gasteiger partial charge in [0, 0.05) is 11.3 Å². The summed E-state index contributed by atoms with van der Waals surface area (Å²) >= 11 is 1.72. The van der Waals surface area contributed by atoms with Crippen LogP contribution in [0.15, 0.2) is 12.3 Å². The molecule has 1 saturated carbocycles. The van der Waals surface area contributed by atoms with Crippen molar-refractivity contribution in [3.63, 3.8) is 0 Å². The van der Waals surface area contributed by atoms with Gasteiger partial charge >= 0.3 is 0 Å². The van der Waals surface area contributed by atoms with Crippen molar-refractivity contribution in [3.05, 3.63) is 27.9 Å². The number of amides is 1. The molecular weight excluding hydrogens is 280 g/mol. The Morgan fingerprint density at radius 2 is 2.35 bits per heavy atom. The van der Waals surface area contributed by atoms with Crippen LogP contribution in [-0.4, -0.2) is 33.4 Å². The second kappa shape index (κ2) is 5.66. The molecule has 1 aliphatic rings. The highest BCUT2D eigenvalue weighted by molar-refractivity contribution is 8.00. The number of rotatable bonds is 5. The molecule has 2 rings (SSSR count). The molecule has 1 fully saturated rings. The molecule has 7 nitrogen and oxygen atoms in total. The number of pyridine rings is 1. The molecule has 108 valence electrons. The summed E-state index contributed by atoms with van der Waals surface area (Å²) in [4.78, 5) is 26.0. The molecule has 0 spiro atoms. The Bertz CT molecular complexity index is 540. The fourth-order valence-electron chi connectivity index (χ4n) is 2.15. The first-order chi connectivity index (χ1) is 9.47. The van der Waals surface area contributed by atoms with Crippen molar-refractivity contribution in [1.29, 1.82) is 0 Å². The smallest absolute Gasteiger partial charge is 0.300 e. The molecule has 1 amide bonds. The van der Waals surface area contributed by atoms with Crippen LogP contribution in [-0.2, 0) is 0 Å². The Kier molecular flexibility index (Phi) is 4.12. The number of nitro groups is 1. The quantitative estimate of drug-likeness (QED) is 0.630. The van der Waals surface area contributed by atoms with E-state index in [2.05, 4.69) is 10.3 Å². The zero-order chi connectivity index (χ0) is 14.8. The first-order valence-electron chi connectivity index (χ1n) is 6.21. The maximum atomic E-state index is 12.1. The Morgan fingerprint density at radius 3 is 2.85 bits per heavy atom. The number of nitrogens with one attached hydrogen (secondary N) is 1. The van der Waals surface area contributed by atoms with Crippen LogP contribution < -0.4 is 11.1 Å². The average molecular weight is 296 g/mol. The van der Waals surface area contributed by atoms with Crippen LogP contribution in [0, 0.1) is 10.1 Å². The summed E-state index contributed by atoms with van der Waals surface area (Å²) in [6.45, 7) is 0.506. The van der Waals surface area contributed by atoms with Crippen molar-refractivity contribution >= 4 is 29.2 Å². The molecule has 0 bridgehead atoms. The number of aromatic nitrogens is 1. The number of hydrogen-bond donors (Lipinski definition) is 2. The molecule has 0 saturated heterocycles. The highest BCUT2D eigenvalue weighted by Gasteiger charge is 2.36. The largest absolute Gasteiger partial charge is 0.384 e. The molecule has 1 aromatic heterocycles. The van der Waals surface area contributed by atoms with Gasteiger partial charge in [-0.3, -0.25) is 14.9 Å². The number of nitrogen functional groups attached to an aromatic ring is 1. The number of nitrogens with two attached hydrogens (primary N) is 1. The van der Waals surface area contributed by atoms with Gasteiger partial charge in [-0.05, 0) is 25.2 Å². The van der Waals surface area contributed by atoms with E-state index in [0.29, 0.717) is 6.54 Å². The summed E-state index contributed by atoms with van der Waals surface area (Å²) in [6.07, 6.45) is 6.28. The van der Waals surface area contributed by atoms with Crippen molar-refractivity contribution in [1.82, 2.24) is 10.3 Å². The van der Waals surface area contributed by atoms with Crippen LogP contribution in [0.4, 0.5) is 11.5 Å². The van der Waals surface area contributed by atoms with E-state index in [1.807, 2.05) is 6.26 Å². The van der Waals surface area contributed by atoms with E-state index >= 15 is 0 Å². The van der Waals surface area contributed by atoms with Gasteiger partial charge in [0.05, 0.1) is 4.92 Å². The molecule has 20 heavy (non-hydrogen) atoms. The molecule has 1 aromatic rings. The van der Waals surface area contributed by atoms with E-state index in [1.165, 1.54) is 6.07 Å². The number of nitrogens with zero attached hydrogens (tertiary/aromatic N) is 2. The molecule has 0 aromatic carbocycles. The molecule has 8 heteroatoms. The second-order valence-electron chi connectivity index (χ2n) is 4.81. The van der Waals surface area contributed by atoms with E-state index < -0.39 is 10.8 Å². The minimum atomic E-state index is -0.630. The van der Waals surface area contributed by atoms with Crippen LogP contribution in [0.25, 0.3) is 0 Å². The Labute approximate surface area is 120 Å². The summed E-state index contributed by atoms with van der Waals surface area (Å²) in [5.41, 5.74) is 5.12. The zero-order valence-electron chi connectivity index (χ0n) is 11.1. The first kappa shape index (κ1) is 14.6. The van der Waals surface area contributed by atoms with Crippen LogP contribution in [0.2, 0.25) is 0 Å². The Hall–Kier alpha value is -1.83. The molecule has 1 aliphatic carbocycles. The lowest BCUT2D eigenvalue weighted by Gasteiger charge is -2.40.